The third-order valence-electron chi connectivity index (χ3n) is 3.68. The highest BCUT2D eigenvalue weighted by molar-refractivity contribution is 5.88. The number of carbonyl (C=O) groups is 2. The van der Waals surface area contributed by atoms with Crippen LogP contribution in [0.15, 0.2) is 42.5 Å². The topological polar surface area (TPSA) is 75.6 Å². The number of rotatable bonds is 7. The summed E-state index contributed by atoms with van der Waals surface area (Å²) in [6, 6.07) is 12.8. The van der Waals surface area contributed by atoms with Crippen molar-refractivity contribution in [1.29, 1.82) is 0 Å². The van der Waals surface area contributed by atoms with Crippen molar-refractivity contribution in [2.45, 2.75) is 32.4 Å². The van der Waals surface area contributed by atoms with Gasteiger partial charge in [-0.2, -0.15) is 0 Å². The molecular formula is C18H21NO4. The van der Waals surface area contributed by atoms with Gasteiger partial charge in [-0.05, 0) is 30.2 Å². The van der Waals surface area contributed by atoms with Gasteiger partial charge in [0.1, 0.15) is 6.10 Å². The van der Waals surface area contributed by atoms with Gasteiger partial charge < -0.3 is 15.2 Å². The number of hydrogen-bond donors (Lipinski definition) is 2. The van der Waals surface area contributed by atoms with Gasteiger partial charge in [-0.15, -0.1) is 0 Å². The fraction of sp³-hybridized carbons (Fsp3) is 0.333. The molecule has 2 aromatic carbocycles. The van der Waals surface area contributed by atoms with E-state index in [1.54, 1.807) is 6.92 Å². The Hall–Kier alpha value is -2.40. The molecule has 0 aromatic heterocycles. The van der Waals surface area contributed by atoms with E-state index in [0.717, 1.165) is 16.3 Å². The van der Waals surface area contributed by atoms with Crippen LogP contribution in [0.3, 0.4) is 0 Å². The number of amides is 1. The molecular weight excluding hydrogens is 294 g/mol. The van der Waals surface area contributed by atoms with Crippen molar-refractivity contribution in [3.05, 3.63) is 48.0 Å². The summed E-state index contributed by atoms with van der Waals surface area (Å²) in [4.78, 5) is 23.4. The van der Waals surface area contributed by atoms with E-state index in [2.05, 4.69) is 5.32 Å². The molecule has 0 heterocycles. The Balaban J connectivity index is 2.34. The molecule has 2 aromatic rings. The summed E-state index contributed by atoms with van der Waals surface area (Å²) in [5.74, 6) is -1.28. The second-order valence-electron chi connectivity index (χ2n) is 5.32. The zero-order chi connectivity index (χ0) is 16.8. The van der Waals surface area contributed by atoms with E-state index < -0.39 is 18.1 Å². The third-order valence-corrected chi connectivity index (χ3v) is 3.68. The first kappa shape index (κ1) is 17.0. The highest BCUT2D eigenvalue weighted by atomic mass is 16.5. The maximum absolute atomic E-state index is 12.2. The van der Waals surface area contributed by atoms with E-state index in [4.69, 9.17) is 4.74 Å². The molecule has 1 amide bonds. The van der Waals surface area contributed by atoms with Crippen molar-refractivity contribution >= 4 is 22.6 Å². The van der Waals surface area contributed by atoms with Gasteiger partial charge in [-0.1, -0.05) is 42.5 Å². The van der Waals surface area contributed by atoms with Gasteiger partial charge in [0.05, 0.1) is 12.5 Å². The van der Waals surface area contributed by atoms with Crippen molar-refractivity contribution in [2.75, 3.05) is 6.61 Å². The largest absolute Gasteiger partial charge is 0.481 e. The maximum Gasteiger partial charge on any atom is 0.305 e. The Bertz CT molecular complexity index is 693. The first-order valence-electron chi connectivity index (χ1n) is 7.64. The molecule has 5 nitrogen and oxygen atoms in total. The molecule has 0 saturated heterocycles. The highest BCUT2D eigenvalue weighted by Crippen LogP contribution is 2.26. The molecule has 5 heteroatoms. The number of ether oxygens (including phenoxy) is 1. The average molecular weight is 315 g/mol. The Morgan fingerprint density at radius 2 is 1.87 bits per heavy atom. The lowest BCUT2D eigenvalue weighted by atomic mass is 9.96. The van der Waals surface area contributed by atoms with E-state index in [9.17, 15) is 14.7 Å². The molecule has 0 bridgehead atoms. The molecule has 2 atom stereocenters. The normalized spacial score (nSPS) is 13.5. The summed E-state index contributed by atoms with van der Waals surface area (Å²) < 4.78 is 5.27. The molecule has 0 aliphatic carbocycles. The van der Waals surface area contributed by atoms with E-state index in [-0.39, 0.29) is 12.3 Å². The van der Waals surface area contributed by atoms with Crippen LogP contribution in [-0.2, 0) is 14.3 Å². The Morgan fingerprint density at radius 1 is 1.17 bits per heavy atom. The smallest absolute Gasteiger partial charge is 0.305 e. The Kier molecular flexibility index (Phi) is 5.71. The summed E-state index contributed by atoms with van der Waals surface area (Å²) in [5, 5.41) is 13.9. The molecule has 2 N–H and O–H groups in total. The van der Waals surface area contributed by atoms with E-state index >= 15 is 0 Å². The lowest BCUT2D eigenvalue weighted by molar-refractivity contribution is -0.138. The third kappa shape index (κ3) is 4.29. The van der Waals surface area contributed by atoms with Gasteiger partial charge in [-0.3, -0.25) is 9.59 Å². The fourth-order valence-electron chi connectivity index (χ4n) is 2.58. The summed E-state index contributed by atoms with van der Waals surface area (Å²) in [7, 11) is 0. The van der Waals surface area contributed by atoms with E-state index in [1.165, 1.54) is 0 Å². The van der Waals surface area contributed by atoms with Crippen LogP contribution in [0, 0.1) is 0 Å². The lowest BCUT2D eigenvalue weighted by Crippen LogP contribution is -2.38. The van der Waals surface area contributed by atoms with Crippen LogP contribution < -0.4 is 5.32 Å². The molecule has 0 saturated carbocycles. The maximum atomic E-state index is 12.2. The molecule has 1 unspecified atom stereocenters. The molecule has 0 spiro atoms. The fourth-order valence-corrected chi connectivity index (χ4v) is 2.58. The SMILES string of the molecule is CCOC(C)C(=O)N[C@H](CC(=O)O)c1cccc2ccccc12. The molecule has 122 valence electrons. The Labute approximate surface area is 135 Å². The van der Waals surface area contributed by atoms with Gasteiger partial charge in [0, 0.05) is 6.61 Å². The molecule has 0 aliphatic heterocycles. The second-order valence-corrected chi connectivity index (χ2v) is 5.32. The van der Waals surface area contributed by atoms with Crippen molar-refractivity contribution in [1.82, 2.24) is 5.32 Å². The van der Waals surface area contributed by atoms with Crippen molar-refractivity contribution in [2.24, 2.45) is 0 Å². The van der Waals surface area contributed by atoms with Crippen LogP contribution in [0.5, 0.6) is 0 Å². The average Bonchev–Trinajstić information content (AvgIpc) is 2.53. The quantitative estimate of drug-likeness (QED) is 0.824. The van der Waals surface area contributed by atoms with Gasteiger partial charge in [0.25, 0.3) is 0 Å². The van der Waals surface area contributed by atoms with Crippen LogP contribution in [-0.4, -0.2) is 29.7 Å². The highest BCUT2D eigenvalue weighted by Gasteiger charge is 2.22. The summed E-state index contributed by atoms with van der Waals surface area (Å²) in [6.07, 6.45) is -0.801. The summed E-state index contributed by atoms with van der Waals surface area (Å²) in [6.45, 7) is 3.88. The molecule has 0 fully saturated rings. The Morgan fingerprint density at radius 3 is 2.57 bits per heavy atom. The zero-order valence-corrected chi connectivity index (χ0v) is 13.3. The van der Waals surface area contributed by atoms with Gasteiger partial charge in [0.2, 0.25) is 5.91 Å². The number of benzene rings is 2. The second kappa shape index (κ2) is 7.74. The van der Waals surface area contributed by atoms with Gasteiger partial charge in [-0.25, -0.2) is 0 Å². The molecule has 0 aliphatic rings. The minimum absolute atomic E-state index is 0.182. The lowest BCUT2D eigenvalue weighted by Gasteiger charge is -2.21. The molecule has 23 heavy (non-hydrogen) atoms. The number of carbonyl (C=O) groups excluding carboxylic acids is 1. The minimum Gasteiger partial charge on any atom is -0.481 e. The number of carboxylic acid groups (broad SMARTS) is 1. The van der Waals surface area contributed by atoms with E-state index in [0.29, 0.717) is 6.61 Å². The number of nitrogens with one attached hydrogen (secondary N) is 1. The predicted octanol–water partition coefficient (Wildman–Crippen LogP) is 2.90. The number of fused-ring (bicyclic) bond motifs is 1. The van der Waals surface area contributed by atoms with Crippen LogP contribution in [0.25, 0.3) is 10.8 Å². The van der Waals surface area contributed by atoms with Crippen molar-refractivity contribution in [3.63, 3.8) is 0 Å². The van der Waals surface area contributed by atoms with Crippen LogP contribution in [0.4, 0.5) is 0 Å². The number of hydrogen-bond acceptors (Lipinski definition) is 3. The minimum atomic E-state index is -0.965. The number of carboxylic acids is 1. The van der Waals surface area contributed by atoms with Crippen molar-refractivity contribution in [3.8, 4) is 0 Å². The van der Waals surface area contributed by atoms with Crippen LogP contribution in [0.2, 0.25) is 0 Å². The molecule has 2 rings (SSSR count). The van der Waals surface area contributed by atoms with Gasteiger partial charge >= 0.3 is 5.97 Å². The summed E-state index contributed by atoms with van der Waals surface area (Å²) in [5.41, 5.74) is 0.794. The van der Waals surface area contributed by atoms with Crippen LogP contribution in [0.1, 0.15) is 31.9 Å². The monoisotopic (exact) mass is 315 g/mol. The zero-order valence-electron chi connectivity index (χ0n) is 13.3. The van der Waals surface area contributed by atoms with Crippen LogP contribution >= 0.6 is 0 Å². The molecule has 0 radical (unpaired) electrons. The number of aliphatic carboxylic acids is 1. The van der Waals surface area contributed by atoms with Crippen molar-refractivity contribution < 1.29 is 19.4 Å². The van der Waals surface area contributed by atoms with Gasteiger partial charge in [0.15, 0.2) is 0 Å². The first-order chi connectivity index (χ1) is 11.0. The predicted molar refractivity (Wildman–Crippen MR) is 88.2 cm³/mol. The standard InChI is InChI=1S/C18H21NO4/c1-3-23-12(2)18(22)19-16(11-17(20)21)15-10-6-8-13-7-4-5-9-14(13)15/h4-10,12,16H,3,11H2,1-2H3,(H,19,22)(H,20,21)/t12?,16-/m1/s1. The van der Waals surface area contributed by atoms with E-state index in [1.807, 2.05) is 49.4 Å². The summed E-state index contributed by atoms with van der Waals surface area (Å²) >= 11 is 0. The first-order valence-corrected chi connectivity index (χ1v) is 7.64.